The van der Waals surface area contributed by atoms with Crippen molar-refractivity contribution in [1.29, 1.82) is 0 Å². The number of benzene rings is 3. The minimum Gasteiger partial charge on any atom is -0.496 e. The van der Waals surface area contributed by atoms with Gasteiger partial charge in [-0.05, 0) is 129 Å². The highest BCUT2D eigenvalue weighted by molar-refractivity contribution is 7.80. The summed E-state index contributed by atoms with van der Waals surface area (Å²) in [5.74, 6) is 1.60. The molecule has 0 radical (unpaired) electrons. The second-order valence-corrected chi connectivity index (χ2v) is 14.7. The average Bonchev–Trinajstić information content (AvgIpc) is 3.31. The van der Waals surface area contributed by atoms with Gasteiger partial charge in [0.15, 0.2) is 5.78 Å². The molecule has 1 atom stereocenters. The summed E-state index contributed by atoms with van der Waals surface area (Å²) in [4.78, 5) is 38.9. The molecule has 0 spiro atoms. The Kier molecular flexibility index (Phi) is 24.3. The van der Waals surface area contributed by atoms with Crippen LogP contribution < -0.4 is 4.74 Å². The molecular formula is C52H68N2O4S. The van der Waals surface area contributed by atoms with E-state index in [2.05, 4.69) is 110 Å². The van der Waals surface area contributed by atoms with Gasteiger partial charge < -0.3 is 14.3 Å². The fourth-order valence-electron chi connectivity index (χ4n) is 6.58. The molecule has 4 aromatic rings. The van der Waals surface area contributed by atoms with E-state index in [1.54, 1.807) is 7.11 Å². The van der Waals surface area contributed by atoms with Gasteiger partial charge in [-0.2, -0.15) is 0 Å². The first-order valence-electron chi connectivity index (χ1n) is 19.6. The molecule has 6 rings (SSSR count). The molecule has 0 fully saturated rings. The van der Waals surface area contributed by atoms with E-state index in [4.69, 9.17) is 26.5 Å². The predicted octanol–water partition coefficient (Wildman–Crippen LogP) is 12.8. The van der Waals surface area contributed by atoms with Crippen LogP contribution in [0.4, 0.5) is 0 Å². The molecule has 2 aliphatic carbocycles. The second-order valence-electron chi connectivity index (χ2n) is 14.0. The van der Waals surface area contributed by atoms with E-state index < -0.39 is 0 Å². The summed E-state index contributed by atoms with van der Waals surface area (Å²) in [6, 6.07) is 27.3. The highest BCUT2D eigenvalue weighted by atomic mass is 32.1. The lowest BCUT2D eigenvalue weighted by atomic mass is 9.79. The van der Waals surface area contributed by atoms with Gasteiger partial charge in [-0.3, -0.25) is 4.79 Å². The van der Waals surface area contributed by atoms with Crippen LogP contribution >= 0.6 is 12.2 Å². The van der Waals surface area contributed by atoms with E-state index in [0.717, 1.165) is 88.6 Å². The number of aryl methyl sites for hydroxylation is 5. The van der Waals surface area contributed by atoms with E-state index in [0.29, 0.717) is 0 Å². The zero-order valence-corrected chi connectivity index (χ0v) is 36.5. The molecule has 3 aromatic carbocycles. The highest BCUT2D eigenvalue weighted by Crippen LogP contribution is 2.39. The van der Waals surface area contributed by atoms with Crippen molar-refractivity contribution in [2.75, 3.05) is 7.11 Å². The molecule has 0 saturated heterocycles. The van der Waals surface area contributed by atoms with Crippen molar-refractivity contribution in [2.45, 2.75) is 100 Å². The van der Waals surface area contributed by atoms with Crippen LogP contribution in [-0.2, 0) is 40.1 Å². The molecule has 316 valence electrons. The van der Waals surface area contributed by atoms with E-state index in [9.17, 15) is 4.79 Å². The maximum atomic E-state index is 13.1. The van der Waals surface area contributed by atoms with Crippen molar-refractivity contribution >= 4 is 42.5 Å². The van der Waals surface area contributed by atoms with Crippen molar-refractivity contribution < 1.29 is 22.0 Å². The normalized spacial score (nSPS) is 16.1. The fourth-order valence-corrected chi connectivity index (χ4v) is 6.74. The van der Waals surface area contributed by atoms with Crippen molar-refractivity contribution in [2.24, 2.45) is 0 Å². The van der Waals surface area contributed by atoms with E-state index in [1.807, 2.05) is 77.7 Å². The Morgan fingerprint density at radius 2 is 1.51 bits per heavy atom. The minimum atomic E-state index is -0.208. The summed E-state index contributed by atoms with van der Waals surface area (Å²) in [5, 5.41) is 0. The Bertz CT molecular complexity index is 2080. The van der Waals surface area contributed by atoms with Crippen molar-refractivity contribution in [3.05, 3.63) is 177 Å². The Balaban J connectivity index is 0. The SMILES string of the molecule is C.C=O.C=O.CC(=S)Cc1ccccc1.CCc1ccc(CCCc2cc(C)nc(C)n2)cc1.COc1cccc2c1C(C)C(=O)C(C1=C/C/C=C\C=C(C)C(\C)=C\1)=C2.[HH].[HH]. The van der Waals surface area contributed by atoms with Crippen LogP contribution in [0.2, 0.25) is 0 Å². The van der Waals surface area contributed by atoms with Gasteiger partial charge in [0.2, 0.25) is 0 Å². The van der Waals surface area contributed by atoms with Crippen LogP contribution in [-0.4, -0.2) is 41.3 Å². The molecule has 1 unspecified atom stereocenters. The fraction of sp³-hybridized carbons (Fsp3) is 0.308. The third-order valence-electron chi connectivity index (χ3n) is 9.62. The summed E-state index contributed by atoms with van der Waals surface area (Å²) in [5.41, 5.74) is 12.6. The Labute approximate surface area is 362 Å². The quantitative estimate of drug-likeness (QED) is 0.155. The van der Waals surface area contributed by atoms with Gasteiger partial charge in [-0.25, -0.2) is 9.97 Å². The number of methoxy groups -OCH3 is 1. The zero-order valence-electron chi connectivity index (χ0n) is 35.6. The first kappa shape index (κ1) is 51.4. The van der Waals surface area contributed by atoms with Gasteiger partial charge in [-0.15, -0.1) is 0 Å². The monoisotopic (exact) mass is 816 g/mol. The average molecular weight is 817 g/mol. The van der Waals surface area contributed by atoms with Gasteiger partial charge in [0.05, 0.1) is 7.11 Å². The number of aromatic nitrogens is 2. The van der Waals surface area contributed by atoms with Crippen LogP contribution in [0.25, 0.3) is 6.08 Å². The molecule has 0 bridgehead atoms. The van der Waals surface area contributed by atoms with Crippen molar-refractivity contribution in [1.82, 2.24) is 9.97 Å². The molecule has 2 aliphatic rings. The van der Waals surface area contributed by atoms with Gasteiger partial charge in [-0.1, -0.05) is 131 Å². The predicted molar refractivity (Wildman–Crippen MR) is 257 cm³/mol. The first-order chi connectivity index (χ1) is 28.0. The van der Waals surface area contributed by atoms with E-state index in [1.165, 1.54) is 27.8 Å². The molecule has 0 aliphatic heterocycles. The van der Waals surface area contributed by atoms with E-state index in [-0.39, 0.29) is 22.0 Å². The van der Waals surface area contributed by atoms with Crippen molar-refractivity contribution in [3.8, 4) is 5.75 Å². The van der Waals surface area contributed by atoms with Crippen LogP contribution in [0.1, 0.15) is 109 Å². The zero-order chi connectivity index (χ0) is 43.0. The van der Waals surface area contributed by atoms with Gasteiger partial charge in [0.1, 0.15) is 25.2 Å². The highest BCUT2D eigenvalue weighted by Gasteiger charge is 2.30. The molecule has 1 aromatic heterocycles. The van der Waals surface area contributed by atoms with Crippen molar-refractivity contribution in [3.63, 3.8) is 0 Å². The number of ether oxygens (including phenoxy) is 1. The molecule has 0 saturated carbocycles. The Morgan fingerprint density at radius 3 is 2.12 bits per heavy atom. The first-order valence-corrected chi connectivity index (χ1v) is 20.0. The summed E-state index contributed by atoms with van der Waals surface area (Å²) in [6.07, 6.45) is 18.7. The number of rotatable bonds is 9. The molecule has 0 amide bonds. The largest absolute Gasteiger partial charge is 0.496 e. The molecule has 6 nitrogen and oxygen atoms in total. The van der Waals surface area contributed by atoms with E-state index >= 15 is 0 Å². The van der Waals surface area contributed by atoms with Crippen LogP contribution in [0.5, 0.6) is 5.75 Å². The summed E-state index contributed by atoms with van der Waals surface area (Å²) in [6.45, 7) is 18.3. The third-order valence-corrected chi connectivity index (χ3v) is 9.76. The topological polar surface area (TPSA) is 86.2 Å². The lowest BCUT2D eigenvalue weighted by molar-refractivity contribution is -0.116. The standard InChI is InChI=1S/C23H24O2.C17H22N2.C9H10S.2CH2O.CH4.2H2/c1-15-9-6-5-7-10-18(13-16(15)2)20-14-19-11-8-12-21(25-4)22(19)17(3)23(20)24;1-4-15-8-10-16(11-9-15)6-5-7-17-12-13(2)18-14(3)19-17;1-8(10)7-9-5-3-2-4-6-9;2*1-2;;;/h5-6,8-14,17H,7H2,1-4H3;8-12H,4-7H2,1-3H3;2-6H,7H2,1H3;2*1H2;1H4;2*1H/b6-5-,15-9?,16-13+,18-10+;;;;;;;. The van der Waals surface area contributed by atoms with Gasteiger partial charge in [0.25, 0.3) is 0 Å². The maximum Gasteiger partial charge on any atom is 0.170 e. The number of carbonyl (C=O) groups excluding carboxylic acids is 3. The number of hydrogen-bond donors (Lipinski definition) is 0. The summed E-state index contributed by atoms with van der Waals surface area (Å²) >= 11 is 4.98. The number of thiocarbonyl (C=S) groups is 1. The lowest BCUT2D eigenvalue weighted by Crippen LogP contribution is -2.19. The smallest absolute Gasteiger partial charge is 0.170 e. The number of carbonyl (C=O) groups is 3. The number of allylic oxidation sites excluding steroid dienone is 9. The molecular weight excluding hydrogens is 749 g/mol. The van der Waals surface area contributed by atoms with Crippen LogP contribution in [0.15, 0.2) is 132 Å². The van der Waals surface area contributed by atoms with Crippen LogP contribution in [0, 0.1) is 13.8 Å². The number of fused-ring (bicyclic) bond motifs is 1. The Morgan fingerprint density at radius 1 is 0.847 bits per heavy atom. The van der Waals surface area contributed by atoms with Gasteiger partial charge >= 0.3 is 0 Å². The second kappa shape index (κ2) is 27.9. The lowest BCUT2D eigenvalue weighted by Gasteiger charge is -2.24. The summed E-state index contributed by atoms with van der Waals surface area (Å²) in [7, 11) is 1.65. The molecule has 1 heterocycles. The van der Waals surface area contributed by atoms with Crippen LogP contribution in [0.3, 0.4) is 0 Å². The number of Topliss-reactive ketones (excluding diaryl/α,β-unsaturated/α-hetero) is 1. The van der Waals surface area contributed by atoms with Gasteiger partial charge in [0, 0.05) is 37.7 Å². The Hall–Kier alpha value is -5.66. The molecule has 0 N–H and O–H groups in total. The number of ketones is 1. The summed E-state index contributed by atoms with van der Waals surface area (Å²) < 4.78 is 5.47. The minimum absolute atomic E-state index is 0. The number of nitrogens with zero attached hydrogens (tertiary/aromatic N) is 2. The molecule has 7 heteroatoms. The maximum absolute atomic E-state index is 13.1. The third kappa shape index (κ3) is 17.0. The molecule has 59 heavy (non-hydrogen) atoms. The number of hydrogen-bond acceptors (Lipinski definition) is 7.